The number of hydrogen-bond acceptors (Lipinski definition) is 4. The smallest absolute Gasteiger partial charge is 0.263 e. The minimum Gasteiger partial charge on any atom is -0.508 e. The lowest BCUT2D eigenvalue weighted by Crippen LogP contribution is -2.51. The molecule has 0 spiro atoms. The summed E-state index contributed by atoms with van der Waals surface area (Å²) in [7, 11) is 0. The Bertz CT molecular complexity index is 599. The van der Waals surface area contributed by atoms with Crippen molar-refractivity contribution < 1.29 is 19.4 Å². The van der Waals surface area contributed by atoms with Crippen molar-refractivity contribution in [2.24, 2.45) is 5.41 Å². The lowest BCUT2D eigenvalue weighted by Gasteiger charge is -2.34. The van der Waals surface area contributed by atoms with Gasteiger partial charge >= 0.3 is 0 Å². The zero-order valence-corrected chi connectivity index (χ0v) is 15.4. The van der Waals surface area contributed by atoms with Gasteiger partial charge in [0, 0.05) is 24.5 Å². The Morgan fingerprint density at radius 1 is 1.20 bits per heavy atom. The molecular weight excluding hydrogens is 320 g/mol. The molecule has 0 bridgehead atoms. The third kappa shape index (κ3) is 5.37. The van der Waals surface area contributed by atoms with Gasteiger partial charge in [0.15, 0.2) is 6.10 Å². The summed E-state index contributed by atoms with van der Waals surface area (Å²) < 4.78 is 5.65. The molecule has 1 heterocycles. The Kier molecular flexibility index (Phi) is 5.93. The Morgan fingerprint density at radius 2 is 1.76 bits per heavy atom. The van der Waals surface area contributed by atoms with Crippen LogP contribution in [0.3, 0.4) is 0 Å². The third-order valence-electron chi connectivity index (χ3n) is 4.32. The van der Waals surface area contributed by atoms with Gasteiger partial charge in [-0.1, -0.05) is 20.8 Å². The standard InChI is InChI=1S/C19H28N2O4/c1-13(25-16-7-5-15(22)6-8-16)17(23)21-11-9-14(10-12-21)20-18(24)19(2,3)4/h5-8,13-14,22H,9-12H2,1-4H3,(H,20,24). The minimum atomic E-state index is -0.592. The fourth-order valence-electron chi connectivity index (χ4n) is 2.68. The van der Waals surface area contributed by atoms with Gasteiger partial charge in [-0.05, 0) is 44.0 Å². The highest BCUT2D eigenvalue weighted by atomic mass is 16.5. The number of benzene rings is 1. The fourth-order valence-corrected chi connectivity index (χ4v) is 2.68. The summed E-state index contributed by atoms with van der Waals surface area (Å²) in [6.07, 6.45) is 0.907. The number of amides is 2. The summed E-state index contributed by atoms with van der Waals surface area (Å²) in [5.41, 5.74) is -0.403. The van der Waals surface area contributed by atoms with Crippen LogP contribution in [-0.4, -0.2) is 47.1 Å². The quantitative estimate of drug-likeness (QED) is 0.875. The molecule has 1 aromatic rings. The summed E-state index contributed by atoms with van der Waals surface area (Å²) in [5, 5.41) is 12.3. The number of nitrogens with one attached hydrogen (secondary N) is 1. The highest BCUT2D eigenvalue weighted by Crippen LogP contribution is 2.20. The molecule has 2 N–H and O–H groups in total. The Balaban J connectivity index is 1.82. The van der Waals surface area contributed by atoms with Gasteiger partial charge in [-0.2, -0.15) is 0 Å². The van der Waals surface area contributed by atoms with Crippen molar-refractivity contribution >= 4 is 11.8 Å². The summed E-state index contributed by atoms with van der Waals surface area (Å²) in [4.78, 5) is 26.4. The molecule has 1 aliphatic rings. The molecule has 2 amide bonds. The number of phenols is 1. The van der Waals surface area contributed by atoms with E-state index in [1.165, 1.54) is 12.1 Å². The van der Waals surface area contributed by atoms with Crippen LogP contribution in [0.5, 0.6) is 11.5 Å². The number of likely N-dealkylation sites (tertiary alicyclic amines) is 1. The summed E-state index contributed by atoms with van der Waals surface area (Å²) >= 11 is 0. The van der Waals surface area contributed by atoms with E-state index in [2.05, 4.69) is 5.32 Å². The summed E-state index contributed by atoms with van der Waals surface area (Å²) in [6.45, 7) is 8.62. The number of rotatable bonds is 4. The number of carbonyl (C=O) groups excluding carboxylic acids is 2. The van der Waals surface area contributed by atoms with Crippen LogP contribution in [0.2, 0.25) is 0 Å². The first-order valence-corrected chi connectivity index (χ1v) is 8.72. The number of piperidine rings is 1. The maximum absolute atomic E-state index is 12.5. The van der Waals surface area contributed by atoms with Crippen molar-refractivity contribution in [3.63, 3.8) is 0 Å². The molecule has 1 unspecified atom stereocenters. The molecular formula is C19H28N2O4. The topological polar surface area (TPSA) is 78.9 Å². The van der Waals surface area contributed by atoms with Crippen LogP contribution in [0.25, 0.3) is 0 Å². The third-order valence-corrected chi connectivity index (χ3v) is 4.32. The van der Waals surface area contributed by atoms with Crippen molar-refractivity contribution in [2.75, 3.05) is 13.1 Å². The van der Waals surface area contributed by atoms with Gasteiger partial charge in [-0.15, -0.1) is 0 Å². The number of aromatic hydroxyl groups is 1. The first-order chi connectivity index (χ1) is 11.7. The van der Waals surface area contributed by atoms with Crippen LogP contribution in [-0.2, 0) is 9.59 Å². The molecule has 0 aliphatic carbocycles. The zero-order chi connectivity index (χ0) is 18.6. The van der Waals surface area contributed by atoms with E-state index in [1.54, 1.807) is 24.0 Å². The van der Waals surface area contributed by atoms with Crippen molar-refractivity contribution in [3.8, 4) is 11.5 Å². The zero-order valence-electron chi connectivity index (χ0n) is 15.4. The van der Waals surface area contributed by atoms with Crippen molar-refractivity contribution in [1.29, 1.82) is 0 Å². The Labute approximate surface area is 149 Å². The van der Waals surface area contributed by atoms with E-state index in [9.17, 15) is 14.7 Å². The second-order valence-corrected chi connectivity index (χ2v) is 7.58. The molecule has 0 saturated carbocycles. The van der Waals surface area contributed by atoms with Crippen LogP contribution in [0.1, 0.15) is 40.5 Å². The molecule has 6 nitrogen and oxygen atoms in total. The van der Waals surface area contributed by atoms with Crippen molar-refractivity contribution in [3.05, 3.63) is 24.3 Å². The lowest BCUT2D eigenvalue weighted by atomic mass is 9.94. The van der Waals surface area contributed by atoms with Crippen LogP contribution in [0, 0.1) is 5.41 Å². The second kappa shape index (κ2) is 7.76. The number of nitrogens with zero attached hydrogens (tertiary/aromatic N) is 1. The van der Waals surface area contributed by atoms with Crippen LogP contribution >= 0.6 is 0 Å². The summed E-state index contributed by atoms with van der Waals surface area (Å²) in [6, 6.07) is 6.43. The van der Waals surface area contributed by atoms with Gasteiger partial charge in [-0.25, -0.2) is 0 Å². The molecule has 138 valence electrons. The predicted molar refractivity (Wildman–Crippen MR) is 95.4 cm³/mol. The van der Waals surface area contributed by atoms with Gasteiger partial charge in [0.05, 0.1) is 0 Å². The van der Waals surface area contributed by atoms with Gasteiger partial charge in [0.25, 0.3) is 5.91 Å². The van der Waals surface area contributed by atoms with Gasteiger partial charge < -0.3 is 20.1 Å². The maximum atomic E-state index is 12.5. The molecule has 1 saturated heterocycles. The molecule has 0 aromatic heterocycles. The molecule has 25 heavy (non-hydrogen) atoms. The SMILES string of the molecule is CC(Oc1ccc(O)cc1)C(=O)N1CCC(NC(=O)C(C)(C)C)CC1. The molecule has 2 rings (SSSR count). The predicted octanol–water partition coefficient (Wildman–Crippen LogP) is 2.31. The molecule has 1 aromatic carbocycles. The van der Waals surface area contributed by atoms with E-state index in [-0.39, 0.29) is 23.6 Å². The van der Waals surface area contributed by atoms with Gasteiger partial charge in [-0.3, -0.25) is 9.59 Å². The normalized spacial score (nSPS) is 17.0. The first-order valence-electron chi connectivity index (χ1n) is 8.72. The van der Waals surface area contributed by atoms with E-state index in [4.69, 9.17) is 4.74 Å². The molecule has 0 radical (unpaired) electrons. The Hall–Kier alpha value is -2.24. The first kappa shape index (κ1) is 19.1. The number of ether oxygens (including phenoxy) is 1. The van der Waals surface area contributed by atoms with Crippen LogP contribution < -0.4 is 10.1 Å². The average molecular weight is 348 g/mol. The van der Waals surface area contributed by atoms with Crippen LogP contribution in [0.4, 0.5) is 0 Å². The molecule has 1 aliphatic heterocycles. The highest BCUT2D eigenvalue weighted by Gasteiger charge is 2.29. The van der Waals surface area contributed by atoms with E-state index >= 15 is 0 Å². The second-order valence-electron chi connectivity index (χ2n) is 7.58. The lowest BCUT2D eigenvalue weighted by molar-refractivity contribution is -0.139. The fraction of sp³-hybridized carbons (Fsp3) is 0.579. The minimum absolute atomic E-state index is 0.0429. The van der Waals surface area contributed by atoms with Crippen molar-refractivity contribution in [2.45, 2.75) is 52.7 Å². The van der Waals surface area contributed by atoms with Gasteiger partial charge in [0.1, 0.15) is 11.5 Å². The average Bonchev–Trinajstić information content (AvgIpc) is 2.56. The maximum Gasteiger partial charge on any atom is 0.263 e. The number of phenolic OH excluding ortho intramolecular Hbond substituents is 1. The van der Waals surface area contributed by atoms with Crippen LogP contribution in [0.15, 0.2) is 24.3 Å². The van der Waals surface area contributed by atoms with Crippen molar-refractivity contribution in [1.82, 2.24) is 10.2 Å². The molecule has 6 heteroatoms. The van der Waals surface area contributed by atoms with E-state index in [1.807, 2.05) is 20.8 Å². The highest BCUT2D eigenvalue weighted by molar-refractivity contribution is 5.82. The number of hydrogen-bond donors (Lipinski definition) is 2. The van der Waals surface area contributed by atoms with E-state index < -0.39 is 11.5 Å². The van der Waals surface area contributed by atoms with E-state index in [0.717, 1.165) is 12.8 Å². The Morgan fingerprint density at radius 3 is 2.28 bits per heavy atom. The molecule has 1 atom stereocenters. The van der Waals surface area contributed by atoms with E-state index in [0.29, 0.717) is 18.8 Å². The molecule has 1 fully saturated rings. The largest absolute Gasteiger partial charge is 0.508 e. The monoisotopic (exact) mass is 348 g/mol. The van der Waals surface area contributed by atoms with Gasteiger partial charge in [0.2, 0.25) is 5.91 Å². The number of carbonyl (C=O) groups is 2. The summed E-state index contributed by atoms with van der Waals surface area (Å²) in [5.74, 6) is 0.687.